The quantitative estimate of drug-likeness (QED) is 0.488. The third-order valence-electron chi connectivity index (χ3n) is 2.01. The first-order chi connectivity index (χ1) is 4.95. The summed E-state index contributed by atoms with van der Waals surface area (Å²) in [5.74, 6) is 1.09. The van der Waals surface area contributed by atoms with E-state index < -0.39 is 0 Å². The van der Waals surface area contributed by atoms with Gasteiger partial charge in [0.2, 0.25) is 0 Å². The minimum atomic E-state index is 0.750. The van der Waals surface area contributed by atoms with E-state index >= 15 is 0 Å². The highest BCUT2D eigenvalue weighted by Crippen LogP contribution is 2.19. The molecule has 1 aromatic rings. The Balaban J connectivity index is 2.51. The van der Waals surface area contributed by atoms with E-state index in [0.29, 0.717) is 0 Å². The first kappa shape index (κ1) is 4.56. The van der Waals surface area contributed by atoms with Crippen molar-refractivity contribution in [2.45, 2.75) is 0 Å². The molecule has 0 saturated heterocycles. The Hall–Kier alpha value is -1.24. The SMILES string of the molecule is C1=c2ccc3c(c21)OCC=3. The monoisotopic (exact) mass is 130 g/mol. The molecule has 2 aliphatic rings. The van der Waals surface area contributed by atoms with Gasteiger partial charge < -0.3 is 4.74 Å². The van der Waals surface area contributed by atoms with Crippen LogP contribution >= 0.6 is 0 Å². The van der Waals surface area contributed by atoms with E-state index in [4.69, 9.17) is 4.74 Å². The summed E-state index contributed by atoms with van der Waals surface area (Å²) in [5.41, 5.74) is 1.31. The van der Waals surface area contributed by atoms with Crippen LogP contribution in [-0.4, -0.2) is 6.61 Å². The molecular formula is C9H6O. The van der Waals surface area contributed by atoms with E-state index in [0.717, 1.165) is 12.4 Å². The molecule has 3 rings (SSSR count). The van der Waals surface area contributed by atoms with Crippen molar-refractivity contribution in [2.24, 2.45) is 0 Å². The molecule has 0 saturated carbocycles. The molecule has 1 heterocycles. The fraction of sp³-hybridized carbons (Fsp3) is 0.111. The van der Waals surface area contributed by atoms with Crippen molar-refractivity contribution in [3.8, 4) is 5.75 Å². The predicted molar refractivity (Wildman–Crippen MR) is 39.2 cm³/mol. The Morgan fingerprint density at radius 1 is 1.20 bits per heavy atom. The van der Waals surface area contributed by atoms with Crippen molar-refractivity contribution in [3.63, 3.8) is 0 Å². The lowest BCUT2D eigenvalue weighted by Gasteiger charge is -1.94. The second-order valence-electron chi connectivity index (χ2n) is 2.65. The van der Waals surface area contributed by atoms with Gasteiger partial charge >= 0.3 is 0 Å². The molecule has 0 radical (unpaired) electrons. The number of ether oxygens (including phenoxy) is 1. The number of hydrogen-bond donors (Lipinski definition) is 0. The maximum absolute atomic E-state index is 5.39. The van der Waals surface area contributed by atoms with Crippen LogP contribution in [0, 0.1) is 0 Å². The number of fused-ring (bicyclic) bond motifs is 3. The highest BCUT2D eigenvalue weighted by Gasteiger charge is 2.15. The fourth-order valence-electron chi connectivity index (χ4n) is 1.40. The Kier molecular flexibility index (Phi) is 0.575. The van der Waals surface area contributed by atoms with Gasteiger partial charge in [-0.1, -0.05) is 12.1 Å². The van der Waals surface area contributed by atoms with E-state index in [-0.39, 0.29) is 0 Å². The van der Waals surface area contributed by atoms with Crippen LogP contribution in [0.2, 0.25) is 0 Å². The fourth-order valence-corrected chi connectivity index (χ4v) is 1.40. The number of rotatable bonds is 0. The zero-order chi connectivity index (χ0) is 6.55. The van der Waals surface area contributed by atoms with E-state index in [1.54, 1.807) is 0 Å². The van der Waals surface area contributed by atoms with Gasteiger partial charge in [0.05, 0.1) is 0 Å². The lowest BCUT2D eigenvalue weighted by Crippen LogP contribution is -2.01. The molecule has 0 aromatic heterocycles. The molecule has 0 bridgehead atoms. The maximum Gasteiger partial charge on any atom is 0.134 e. The van der Waals surface area contributed by atoms with Crippen LogP contribution in [0.3, 0.4) is 0 Å². The van der Waals surface area contributed by atoms with Crippen molar-refractivity contribution < 1.29 is 4.74 Å². The van der Waals surface area contributed by atoms with Crippen LogP contribution in [0.4, 0.5) is 0 Å². The molecule has 0 N–H and O–H groups in total. The van der Waals surface area contributed by atoms with Crippen LogP contribution in [-0.2, 0) is 0 Å². The van der Waals surface area contributed by atoms with Crippen LogP contribution in [0.5, 0.6) is 5.75 Å². The normalized spacial score (nSPS) is 16.0. The van der Waals surface area contributed by atoms with Crippen LogP contribution in [0.25, 0.3) is 12.2 Å². The minimum absolute atomic E-state index is 0.750. The average molecular weight is 130 g/mol. The van der Waals surface area contributed by atoms with Crippen molar-refractivity contribution >= 4 is 12.2 Å². The van der Waals surface area contributed by atoms with Gasteiger partial charge in [-0.05, 0) is 17.4 Å². The van der Waals surface area contributed by atoms with Crippen molar-refractivity contribution in [2.75, 3.05) is 6.61 Å². The Labute approximate surface area is 58.2 Å². The van der Waals surface area contributed by atoms with Crippen LogP contribution < -0.4 is 15.2 Å². The van der Waals surface area contributed by atoms with E-state index in [1.807, 2.05) is 0 Å². The summed E-state index contributed by atoms with van der Waals surface area (Å²) in [7, 11) is 0. The van der Waals surface area contributed by atoms with Gasteiger partial charge in [0.25, 0.3) is 0 Å². The molecule has 0 spiro atoms. The third kappa shape index (κ3) is 0.397. The summed E-state index contributed by atoms with van der Waals surface area (Å²) in [6.45, 7) is 0.750. The molecule has 0 amide bonds. The number of hydrogen-bond acceptors (Lipinski definition) is 1. The largest absolute Gasteiger partial charge is 0.488 e. The zero-order valence-corrected chi connectivity index (χ0v) is 5.42. The zero-order valence-electron chi connectivity index (χ0n) is 5.42. The van der Waals surface area contributed by atoms with E-state index in [9.17, 15) is 0 Å². The summed E-state index contributed by atoms with van der Waals surface area (Å²) < 4.78 is 5.39. The lowest BCUT2D eigenvalue weighted by molar-refractivity contribution is 0.385. The molecule has 1 aliphatic carbocycles. The first-order valence-corrected chi connectivity index (χ1v) is 3.43. The summed E-state index contributed by atoms with van der Waals surface area (Å²) in [4.78, 5) is 0. The Morgan fingerprint density at radius 3 is 3.10 bits per heavy atom. The second-order valence-corrected chi connectivity index (χ2v) is 2.65. The Morgan fingerprint density at radius 2 is 2.10 bits per heavy atom. The third-order valence-corrected chi connectivity index (χ3v) is 2.01. The van der Waals surface area contributed by atoms with Gasteiger partial charge in [0.1, 0.15) is 12.4 Å². The lowest BCUT2D eigenvalue weighted by atomic mass is 10.3. The summed E-state index contributed by atoms with van der Waals surface area (Å²) in [5, 5.41) is 2.60. The van der Waals surface area contributed by atoms with Crippen LogP contribution in [0.1, 0.15) is 5.56 Å². The van der Waals surface area contributed by atoms with Gasteiger partial charge in [0.15, 0.2) is 0 Å². The van der Waals surface area contributed by atoms with Crippen molar-refractivity contribution in [1.82, 2.24) is 0 Å². The predicted octanol–water partition coefficient (Wildman–Crippen LogP) is 0.00170. The molecule has 10 heavy (non-hydrogen) atoms. The highest BCUT2D eigenvalue weighted by molar-refractivity contribution is 5.73. The summed E-state index contributed by atoms with van der Waals surface area (Å²) in [6.07, 6.45) is 4.26. The summed E-state index contributed by atoms with van der Waals surface area (Å²) >= 11 is 0. The number of benzene rings is 1. The highest BCUT2D eigenvalue weighted by atomic mass is 16.5. The molecule has 1 nitrogen and oxygen atoms in total. The first-order valence-electron chi connectivity index (χ1n) is 3.43. The molecule has 0 fully saturated rings. The van der Waals surface area contributed by atoms with Gasteiger partial charge in [-0.2, -0.15) is 0 Å². The van der Waals surface area contributed by atoms with Crippen LogP contribution in [0.15, 0.2) is 12.1 Å². The van der Waals surface area contributed by atoms with E-state index in [2.05, 4.69) is 24.3 Å². The Bertz CT molecular complexity index is 415. The molecule has 48 valence electrons. The standard InChI is InChI=1S/C9H6O/c1-2-7-5-8(7)9-6(1)3-4-10-9/h1-3,5H,4H2. The van der Waals surface area contributed by atoms with E-state index in [1.165, 1.54) is 16.0 Å². The minimum Gasteiger partial charge on any atom is -0.488 e. The molecule has 1 aromatic carbocycles. The van der Waals surface area contributed by atoms with Gasteiger partial charge in [0, 0.05) is 10.8 Å². The summed E-state index contributed by atoms with van der Waals surface area (Å²) in [6, 6.07) is 4.25. The van der Waals surface area contributed by atoms with Gasteiger partial charge in [-0.25, -0.2) is 0 Å². The second kappa shape index (κ2) is 1.26. The topological polar surface area (TPSA) is 9.23 Å². The molecular weight excluding hydrogens is 124 g/mol. The smallest absolute Gasteiger partial charge is 0.134 e. The van der Waals surface area contributed by atoms with Gasteiger partial charge in [-0.15, -0.1) is 0 Å². The molecule has 0 unspecified atom stereocenters. The molecule has 0 atom stereocenters. The molecule has 1 heteroatoms. The molecule has 1 aliphatic heterocycles. The average Bonchev–Trinajstić information content (AvgIpc) is 2.60. The van der Waals surface area contributed by atoms with Crippen molar-refractivity contribution in [1.29, 1.82) is 0 Å². The van der Waals surface area contributed by atoms with Gasteiger partial charge in [-0.3, -0.25) is 0 Å². The maximum atomic E-state index is 5.39. The van der Waals surface area contributed by atoms with Crippen molar-refractivity contribution in [3.05, 3.63) is 28.1 Å².